The van der Waals surface area contributed by atoms with E-state index >= 15 is 0 Å². The van der Waals surface area contributed by atoms with Gasteiger partial charge in [0.2, 0.25) is 12.1 Å². The second-order valence-corrected chi connectivity index (χ2v) is 9.13. The molecule has 3 fully saturated rings. The first kappa shape index (κ1) is 28.4. The lowest BCUT2D eigenvalue weighted by molar-refractivity contribution is -0.397. The van der Waals surface area contributed by atoms with E-state index in [2.05, 4.69) is 0 Å². The number of fused-ring (bicyclic) bond motifs is 2. The molecule has 1 aromatic carbocycles. The van der Waals surface area contributed by atoms with Crippen molar-refractivity contribution in [2.75, 3.05) is 7.11 Å². The van der Waals surface area contributed by atoms with E-state index in [1.54, 1.807) is 18.2 Å². The maximum Gasteiger partial charge on any atom is 0.339 e. The third-order valence-corrected chi connectivity index (χ3v) is 6.38. The summed E-state index contributed by atoms with van der Waals surface area (Å²) in [5.41, 5.74) is 0.185. The summed E-state index contributed by atoms with van der Waals surface area (Å²) in [4.78, 5) is 61.1. The average Bonchev–Trinajstić information content (AvgIpc) is 3.18. The maximum absolute atomic E-state index is 12.9. The fourth-order valence-corrected chi connectivity index (χ4v) is 4.85. The largest absolute Gasteiger partial charge is 0.467 e. The molecule has 0 bridgehead atoms. The zero-order valence-electron chi connectivity index (χ0n) is 21.5. The highest BCUT2D eigenvalue weighted by atomic mass is 16.8. The quantitative estimate of drug-likeness (QED) is 0.361. The summed E-state index contributed by atoms with van der Waals surface area (Å²) in [6.45, 7) is 3.21. The molecule has 14 heteroatoms. The van der Waals surface area contributed by atoms with Crippen molar-refractivity contribution >= 4 is 29.8 Å². The lowest BCUT2D eigenvalue weighted by Gasteiger charge is -2.53. The Bertz CT molecular complexity index is 1120. The highest BCUT2D eigenvalue weighted by Gasteiger charge is 2.68. The summed E-state index contributed by atoms with van der Waals surface area (Å²) in [6, 6.07) is 7.95. The van der Waals surface area contributed by atoms with Gasteiger partial charge in [0, 0.05) is 27.2 Å². The Kier molecular flexibility index (Phi) is 8.20. The number of rotatable bonds is 6. The van der Waals surface area contributed by atoms with Crippen molar-refractivity contribution in [3.63, 3.8) is 0 Å². The molecule has 14 nitrogen and oxygen atoms in total. The van der Waals surface area contributed by atoms with Gasteiger partial charge in [0.25, 0.3) is 0 Å². The lowest BCUT2D eigenvalue weighted by Crippen LogP contribution is -2.74. The van der Waals surface area contributed by atoms with E-state index < -0.39 is 84.7 Å². The molecule has 4 rings (SSSR count). The molecule has 3 aliphatic heterocycles. The van der Waals surface area contributed by atoms with Crippen molar-refractivity contribution in [3.8, 4) is 0 Å². The fraction of sp³-hybridized carbons (Fsp3) is 0.560. The first-order valence-electron chi connectivity index (χ1n) is 12.0. The summed E-state index contributed by atoms with van der Waals surface area (Å²) in [5, 5.41) is 11.8. The Balaban J connectivity index is 1.70. The van der Waals surface area contributed by atoms with Gasteiger partial charge in [-0.3, -0.25) is 14.4 Å². The number of aliphatic hydroxyl groups is 1. The minimum absolute atomic E-state index is 0.185. The van der Waals surface area contributed by atoms with Crippen molar-refractivity contribution < 1.29 is 67.0 Å². The van der Waals surface area contributed by atoms with E-state index in [-0.39, 0.29) is 12.0 Å². The first-order valence-corrected chi connectivity index (χ1v) is 12.0. The van der Waals surface area contributed by atoms with E-state index in [4.69, 9.17) is 37.9 Å². The van der Waals surface area contributed by atoms with Gasteiger partial charge >= 0.3 is 29.8 Å². The van der Waals surface area contributed by atoms with Crippen molar-refractivity contribution in [1.82, 2.24) is 0 Å². The minimum Gasteiger partial charge on any atom is -0.467 e. The van der Waals surface area contributed by atoms with Gasteiger partial charge in [-0.15, -0.1) is 0 Å². The molecule has 0 spiro atoms. The van der Waals surface area contributed by atoms with E-state index in [1.165, 1.54) is 12.1 Å². The highest BCUT2D eigenvalue weighted by molar-refractivity contribution is 5.89. The molecule has 39 heavy (non-hydrogen) atoms. The van der Waals surface area contributed by atoms with Crippen molar-refractivity contribution in [2.45, 2.75) is 82.0 Å². The Morgan fingerprint density at radius 2 is 1.51 bits per heavy atom. The number of methoxy groups -OCH3 is 1. The van der Waals surface area contributed by atoms with E-state index in [0.29, 0.717) is 0 Å². The molecular formula is C25H28O14. The number of ether oxygens (including phenoxy) is 8. The number of esters is 5. The van der Waals surface area contributed by atoms with E-state index in [0.717, 1.165) is 27.9 Å². The SMILES string of the molecule is COC(=O)[C@H]1O[C@@H]2C[C@H]3OC(OC(C)=O)[C@H](OC(=O)c4ccccc4)[C@H]3O[C@@]2(O)[C@@H](OC(C)=O)[C@@H]1OC(C)=O. The summed E-state index contributed by atoms with van der Waals surface area (Å²) >= 11 is 0. The van der Waals surface area contributed by atoms with Crippen LogP contribution in [0.3, 0.4) is 0 Å². The van der Waals surface area contributed by atoms with E-state index in [9.17, 15) is 29.1 Å². The van der Waals surface area contributed by atoms with Crippen LogP contribution >= 0.6 is 0 Å². The number of benzene rings is 1. The monoisotopic (exact) mass is 552 g/mol. The molecule has 0 aromatic heterocycles. The predicted octanol–water partition coefficient (Wildman–Crippen LogP) is -0.219. The number of carbonyl (C=O) groups excluding carboxylic acids is 5. The molecule has 0 saturated carbocycles. The summed E-state index contributed by atoms with van der Waals surface area (Å²) in [6.07, 6.45) is -11.7. The Morgan fingerprint density at radius 3 is 2.10 bits per heavy atom. The van der Waals surface area contributed by atoms with Gasteiger partial charge in [-0.05, 0) is 12.1 Å². The minimum atomic E-state index is -2.52. The van der Waals surface area contributed by atoms with Gasteiger partial charge in [0.1, 0.15) is 12.2 Å². The second-order valence-electron chi connectivity index (χ2n) is 9.13. The molecule has 3 heterocycles. The summed E-state index contributed by atoms with van der Waals surface area (Å²) < 4.78 is 43.6. The Morgan fingerprint density at radius 1 is 0.872 bits per heavy atom. The lowest BCUT2D eigenvalue weighted by atomic mass is 9.84. The van der Waals surface area contributed by atoms with Gasteiger partial charge in [0.15, 0.2) is 24.4 Å². The zero-order valence-corrected chi connectivity index (χ0v) is 21.5. The van der Waals surface area contributed by atoms with Crippen LogP contribution in [0.15, 0.2) is 30.3 Å². The van der Waals surface area contributed by atoms with Gasteiger partial charge in [-0.1, -0.05) is 18.2 Å². The molecule has 1 unspecified atom stereocenters. The van der Waals surface area contributed by atoms with Crippen LogP contribution in [0.2, 0.25) is 0 Å². The molecule has 1 N–H and O–H groups in total. The molecular weight excluding hydrogens is 524 g/mol. The maximum atomic E-state index is 12.9. The molecule has 3 aliphatic rings. The molecule has 9 atom stereocenters. The van der Waals surface area contributed by atoms with Crippen LogP contribution in [0.5, 0.6) is 0 Å². The standard InChI is InChI=1S/C25H28O14/c1-11(26)33-18-19(23(30)32-4)37-16-10-15-17(39-25(16,31)21(18)34-12(2)27)20(24(36-15)35-13(3)28)38-22(29)14-8-6-5-7-9-14/h5-9,15-21,24,31H,10H2,1-4H3/t15-,16-,17+,18-,19+,20-,21+,24?,25-/m1/s1. The summed E-state index contributed by atoms with van der Waals surface area (Å²) in [5.74, 6) is -6.80. The predicted molar refractivity (Wildman–Crippen MR) is 122 cm³/mol. The Labute approximate surface area is 222 Å². The number of hydrogen-bond acceptors (Lipinski definition) is 14. The second kappa shape index (κ2) is 11.3. The van der Waals surface area contributed by atoms with Gasteiger partial charge in [-0.25, -0.2) is 9.59 Å². The van der Waals surface area contributed by atoms with Crippen molar-refractivity contribution in [1.29, 1.82) is 0 Å². The molecule has 0 amide bonds. The van der Waals surface area contributed by atoms with Gasteiger partial charge < -0.3 is 43.0 Å². The van der Waals surface area contributed by atoms with E-state index in [1.807, 2.05) is 0 Å². The van der Waals surface area contributed by atoms with Crippen molar-refractivity contribution in [3.05, 3.63) is 35.9 Å². The zero-order chi connectivity index (χ0) is 28.5. The van der Waals surface area contributed by atoms with Crippen LogP contribution in [0.4, 0.5) is 0 Å². The molecule has 212 valence electrons. The molecule has 0 radical (unpaired) electrons. The third kappa shape index (κ3) is 5.73. The molecule has 3 saturated heterocycles. The van der Waals surface area contributed by atoms with Crippen molar-refractivity contribution in [2.24, 2.45) is 0 Å². The van der Waals surface area contributed by atoms with Crippen LogP contribution in [0, 0.1) is 0 Å². The fourth-order valence-electron chi connectivity index (χ4n) is 4.85. The first-order chi connectivity index (χ1) is 18.4. The van der Waals surface area contributed by atoms with Gasteiger partial charge in [-0.2, -0.15) is 0 Å². The summed E-state index contributed by atoms with van der Waals surface area (Å²) in [7, 11) is 1.07. The topological polar surface area (TPSA) is 179 Å². The van der Waals surface area contributed by atoms with Crippen LogP contribution in [-0.4, -0.2) is 96.9 Å². The third-order valence-electron chi connectivity index (χ3n) is 6.38. The smallest absolute Gasteiger partial charge is 0.339 e. The Hall–Kier alpha value is -3.59. The average molecular weight is 552 g/mol. The molecule has 0 aliphatic carbocycles. The number of carbonyl (C=O) groups is 5. The van der Waals surface area contributed by atoms with Crippen LogP contribution in [-0.2, 0) is 57.1 Å². The normalized spacial score (nSPS) is 35.0. The van der Waals surface area contributed by atoms with Crippen LogP contribution in [0.1, 0.15) is 37.6 Å². The molecule has 1 aromatic rings. The number of hydrogen-bond donors (Lipinski definition) is 1. The van der Waals surface area contributed by atoms with Crippen LogP contribution in [0.25, 0.3) is 0 Å². The highest BCUT2D eigenvalue weighted by Crippen LogP contribution is 2.46. The van der Waals surface area contributed by atoms with Crippen LogP contribution < -0.4 is 0 Å². The van der Waals surface area contributed by atoms with Gasteiger partial charge in [0.05, 0.1) is 18.8 Å².